The second kappa shape index (κ2) is 14.8. The predicted octanol–water partition coefficient (Wildman–Crippen LogP) is 5.15. The van der Waals surface area contributed by atoms with Gasteiger partial charge >= 0.3 is 0 Å². The first-order valence-corrected chi connectivity index (χ1v) is 13.9. The van der Waals surface area contributed by atoms with Crippen LogP contribution in [-0.2, 0) is 4.79 Å². The summed E-state index contributed by atoms with van der Waals surface area (Å²) < 4.78 is 11.7. The van der Waals surface area contributed by atoms with Gasteiger partial charge in [-0.15, -0.1) is 12.4 Å². The Morgan fingerprint density at radius 3 is 2.42 bits per heavy atom. The summed E-state index contributed by atoms with van der Waals surface area (Å²) in [5.74, 6) is 2.22. The number of carbonyl (C=O) groups is 1. The molecule has 0 radical (unpaired) electrons. The molecule has 0 atom stereocenters. The number of rotatable bonds is 9. The van der Waals surface area contributed by atoms with E-state index in [0.717, 1.165) is 55.7 Å². The van der Waals surface area contributed by atoms with Gasteiger partial charge in [0.15, 0.2) is 11.5 Å². The number of piperidine rings is 2. The lowest BCUT2D eigenvalue weighted by molar-refractivity contribution is -0.117. The predicted molar refractivity (Wildman–Crippen MR) is 149 cm³/mol. The van der Waals surface area contributed by atoms with Crippen LogP contribution in [0.2, 0.25) is 0 Å². The van der Waals surface area contributed by atoms with Crippen LogP contribution in [0.25, 0.3) is 6.08 Å². The topological polar surface area (TPSA) is 54.0 Å². The Morgan fingerprint density at radius 1 is 1.00 bits per heavy atom. The molecule has 3 fully saturated rings. The Hall–Kier alpha value is -1.76. The van der Waals surface area contributed by atoms with Gasteiger partial charge < -0.3 is 19.7 Å². The van der Waals surface area contributed by atoms with Crippen molar-refractivity contribution in [2.24, 2.45) is 5.92 Å². The number of hydrogen-bond acceptors (Lipinski definition) is 5. The molecule has 1 saturated carbocycles. The number of halogens is 1. The van der Waals surface area contributed by atoms with Crippen LogP contribution in [0.5, 0.6) is 11.5 Å². The van der Waals surface area contributed by atoms with Crippen molar-refractivity contribution in [2.75, 3.05) is 46.4 Å². The zero-order valence-electron chi connectivity index (χ0n) is 22.3. The molecule has 2 heterocycles. The summed E-state index contributed by atoms with van der Waals surface area (Å²) in [6.45, 7) is 8.80. The van der Waals surface area contributed by atoms with Crippen LogP contribution in [0.1, 0.15) is 70.3 Å². The molecule has 6 nitrogen and oxygen atoms in total. The Balaban J connectivity index is 0.00000361. The minimum Gasteiger partial charge on any atom is -0.493 e. The minimum atomic E-state index is -0.0205. The minimum absolute atomic E-state index is 0. The molecule has 1 aromatic carbocycles. The van der Waals surface area contributed by atoms with E-state index in [9.17, 15) is 4.79 Å². The third kappa shape index (κ3) is 8.67. The monoisotopic (exact) mass is 519 g/mol. The highest BCUT2D eigenvalue weighted by molar-refractivity contribution is 5.92. The van der Waals surface area contributed by atoms with Crippen molar-refractivity contribution in [2.45, 2.75) is 76.8 Å². The van der Waals surface area contributed by atoms with Crippen molar-refractivity contribution in [1.29, 1.82) is 0 Å². The van der Waals surface area contributed by atoms with Crippen molar-refractivity contribution >= 4 is 24.4 Å². The van der Waals surface area contributed by atoms with Crippen molar-refractivity contribution in [3.63, 3.8) is 0 Å². The van der Waals surface area contributed by atoms with Gasteiger partial charge in [-0.3, -0.25) is 9.69 Å². The Kier molecular flexibility index (Phi) is 11.9. The Morgan fingerprint density at radius 2 is 1.72 bits per heavy atom. The number of nitrogens with zero attached hydrogens (tertiary/aromatic N) is 2. The summed E-state index contributed by atoms with van der Waals surface area (Å²) >= 11 is 0. The van der Waals surface area contributed by atoms with Gasteiger partial charge in [0.05, 0.1) is 7.11 Å². The molecule has 0 unspecified atom stereocenters. The molecule has 3 aliphatic rings. The molecule has 0 aromatic heterocycles. The zero-order valence-corrected chi connectivity index (χ0v) is 23.1. The van der Waals surface area contributed by atoms with Gasteiger partial charge in [0.25, 0.3) is 0 Å². The number of amides is 1. The lowest BCUT2D eigenvalue weighted by Gasteiger charge is -2.40. The van der Waals surface area contributed by atoms with Crippen molar-refractivity contribution in [1.82, 2.24) is 15.1 Å². The van der Waals surface area contributed by atoms with Crippen LogP contribution < -0.4 is 14.8 Å². The quantitative estimate of drug-likeness (QED) is 0.457. The fourth-order valence-electron chi connectivity index (χ4n) is 5.81. The SMILES string of the molecule is COc1cc(/C=C/C(=O)N[C@H]2CC[C@H](C)CC2)ccc1OCCN1CCC(N2CCCCC2)CC1.Cl. The first-order chi connectivity index (χ1) is 17.1. The van der Waals surface area contributed by atoms with Crippen LogP contribution in [0, 0.1) is 5.92 Å². The van der Waals surface area contributed by atoms with E-state index in [1.807, 2.05) is 24.3 Å². The van der Waals surface area contributed by atoms with Crippen LogP contribution in [0.4, 0.5) is 0 Å². The molecule has 1 N–H and O–H groups in total. The van der Waals surface area contributed by atoms with E-state index in [0.29, 0.717) is 18.4 Å². The standard InChI is InChI=1S/C29H45N3O3.ClH/c1-23-6-10-25(11-7-23)30-29(33)13-9-24-8-12-27(28(22-24)34-2)35-21-20-31-18-14-26(15-19-31)32-16-4-3-5-17-32;/h8-9,12-13,22-23,25-26H,3-7,10-11,14-21H2,1-2H3,(H,30,33);1H/b13-9+;/t23-,25-;. The number of carbonyl (C=O) groups excluding carboxylic acids is 1. The molecule has 4 rings (SSSR count). The molecule has 1 amide bonds. The highest BCUT2D eigenvalue weighted by Crippen LogP contribution is 2.29. The number of nitrogens with one attached hydrogen (secondary N) is 1. The molecule has 0 bridgehead atoms. The van der Waals surface area contributed by atoms with Gasteiger partial charge in [0.2, 0.25) is 5.91 Å². The van der Waals surface area contributed by atoms with E-state index >= 15 is 0 Å². The molecule has 1 aromatic rings. The summed E-state index contributed by atoms with van der Waals surface area (Å²) in [5, 5.41) is 3.14. The summed E-state index contributed by atoms with van der Waals surface area (Å²) in [4.78, 5) is 17.6. The first kappa shape index (κ1) is 28.8. The first-order valence-electron chi connectivity index (χ1n) is 13.9. The maximum absolute atomic E-state index is 12.3. The van der Waals surface area contributed by atoms with E-state index in [-0.39, 0.29) is 18.3 Å². The summed E-state index contributed by atoms with van der Waals surface area (Å²) in [6.07, 6.45) is 14.7. The van der Waals surface area contributed by atoms with Crippen LogP contribution in [0.15, 0.2) is 24.3 Å². The Bertz CT molecular complexity index is 827. The van der Waals surface area contributed by atoms with Gasteiger partial charge in [-0.1, -0.05) is 19.4 Å². The molecule has 2 saturated heterocycles. The molecule has 0 spiro atoms. The average molecular weight is 520 g/mol. The van der Waals surface area contributed by atoms with E-state index in [1.165, 1.54) is 58.0 Å². The van der Waals surface area contributed by atoms with Gasteiger partial charge in [-0.25, -0.2) is 0 Å². The van der Waals surface area contributed by atoms with Gasteiger partial charge in [0.1, 0.15) is 6.61 Å². The molecule has 2 aliphatic heterocycles. The van der Waals surface area contributed by atoms with Gasteiger partial charge in [-0.05, 0) is 107 Å². The van der Waals surface area contributed by atoms with E-state index < -0.39 is 0 Å². The summed E-state index contributed by atoms with van der Waals surface area (Å²) in [6, 6.07) is 6.95. The van der Waals surface area contributed by atoms with Crippen molar-refractivity contribution in [3.05, 3.63) is 29.8 Å². The lowest BCUT2D eigenvalue weighted by atomic mass is 9.87. The smallest absolute Gasteiger partial charge is 0.244 e. The maximum atomic E-state index is 12.3. The third-order valence-corrected chi connectivity index (χ3v) is 8.11. The molecule has 1 aliphatic carbocycles. The normalized spacial score (nSPS) is 24.3. The second-order valence-electron chi connectivity index (χ2n) is 10.7. The van der Waals surface area contributed by atoms with Crippen LogP contribution in [0.3, 0.4) is 0 Å². The molecule has 7 heteroatoms. The van der Waals surface area contributed by atoms with Gasteiger partial charge in [-0.2, -0.15) is 0 Å². The van der Waals surface area contributed by atoms with E-state index in [4.69, 9.17) is 9.47 Å². The van der Waals surface area contributed by atoms with Gasteiger partial charge in [0, 0.05) is 24.7 Å². The fraction of sp³-hybridized carbons (Fsp3) is 0.690. The zero-order chi connectivity index (χ0) is 24.5. The lowest BCUT2D eigenvalue weighted by Crippen LogP contribution is -2.47. The fourth-order valence-corrected chi connectivity index (χ4v) is 5.81. The maximum Gasteiger partial charge on any atom is 0.244 e. The molecule has 36 heavy (non-hydrogen) atoms. The van der Waals surface area contributed by atoms with E-state index in [2.05, 4.69) is 22.0 Å². The third-order valence-electron chi connectivity index (χ3n) is 8.11. The van der Waals surface area contributed by atoms with Crippen molar-refractivity contribution < 1.29 is 14.3 Å². The number of hydrogen-bond donors (Lipinski definition) is 1. The number of ether oxygens (including phenoxy) is 2. The molecule has 202 valence electrons. The van der Waals surface area contributed by atoms with Crippen LogP contribution in [-0.4, -0.2) is 74.2 Å². The highest BCUT2D eigenvalue weighted by atomic mass is 35.5. The second-order valence-corrected chi connectivity index (χ2v) is 10.7. The average Bonchev–Trinajstić information content (AvgIpc) is 2.90. The largest absolute Gasteiger partial charge is 0.493 e. The number of methoxy groups -OCH3 is 1. The van der Waals surface area contributed by atoms with Crippen LogP contribution >= 0.6 is 12.4 Å². The summed E-state index contributed by atoms with van der Waals surface area (Å²) in [7, 11) is 1.66. The molecular weight excluding hydrogens is 474 g/mol. The summed E-state index contributed by atoms with van der Waals surface area (Å²) in [5.41, 5.74) is 0.932. The van der Waals surface area contributed by atoms with Crippen molar-refractivity contribution in [3.8, 4) is 11.5 Å². The Labute approximate surface area is 224 Å². The van der Waals surface area contributed by atoms with E-state index in [1.54, 1.807) is 13.2 Å². The number of benzene rings is 1. The molecular formula is C29H46ClN3O3. The highest BCUT2D eigenvalue weighted by Gasteiger charge is 2.25. The number of likely N-dealkylation sites (tertiary alicyclic amines) is 2.